The maximum atomic E-state index is 12.2. The summed E-state index contributed by atoms with van der Waals surface area (Å²) in [5, 5.41) is 2.93. The highest BCUT2D eigenvalue weighted by Crippen LogP contribution is 2.20. The number of anilines is 1. The van der Waals surface area contributed by atoms with E-state index in [0.29, 0.717) is 5.75 Å². The molecule has 0 aromatic heterocycles. The van der Waals surface area contributed by atoms with Gasteiger partial charge < -0.3 is 19.9 Å². The largest absolute Gasteiger partial charge is 0.484 e. The summed E-state index contributed by atoms with van der Waals surface area (Å²) < 4.78 is 5.64. The standard InChI is InChI=1S/C22H27N3O2S/c1-16-5-4-6-17(2)21(16)23-20(26)15-27-19-9-7-18(8-10-19)22(28)25-13-11-24(3)12-14-25/h4-10H,11-15H2,1-3H3,(H,23,26). The van der Waals surface area contributed by atoms with Crippen molar-refractivity contribution in [2.75, 3.05) is 45.2 Å². The van der Waals surface area contributed by atoms with Crippen molar-refractivity contribution in [1.82, 2.24) is 9.80 Å². The summed E-state index contributed by atoms with van der Waals surface area (Å²) in [6.45, 7) is 7.87. The zero-order valence-electron chi connectivity index (χ0n) is 16.7. The number of hydrogen-bond acceptors (Lipinski definition) is 4. The van der Waals surface area contributed by atoms with E-state index in [4.69, 9.17) is 17.0 Å². The first-order chi connectivity index (χ1) is 13.4. The lowest BCUT2D eigenvalue weighted by molar-refractivity contribution is -0.118. The van der Waals surface area contributed by atoms with E-state index in [-0.39, 0.29) is 12.5 Å². The van der Waals surface area contributed by atoms with Crippen LogP contribution in [-0.2, 0) is 4.79 Å². The molecule has 1 saturated heterocycles. The van der Waals surface area contributed by atoms with Crippen molar-refractivity contribution in [2.24, 2.45) is 0 Å². The fourth-order valence-corrected chi connectivity index (χ4v) is 3.54. The van der Waals surface area contributed by atoms with Gasteiger partial charge in [-0.15, -0.1) is 0 Å². The monoisotopic (exact) mass is 397 g/mol. The molecule has 148 valence electrons. The SMILES string of the molecule is Cc1cccc(C)c1NC(=O)COc1ccc(C(=S)N2CCN(C)CC2)cc1. The normalized spacial score (nSPS) is 14.6. The highest BCUT2D eigenvalue weighted by molar-refractivity contribution is 7.80. The van der Waals surface area contributed by atoms with Gasteiger partial charge in [0.25, 0.3) is 5.91 Å². The van der Waals surface area contributed by atoms with Crippen LogP contribution >= 0.6 is 12.2 Å². The number of hydrogen-bond donors (Lipinski definition) is 1. The van der Waals surface area contributed by atoms with Crippen molar-refractivity contribution in [2.45, 2.75) is 13.8 Å². The number of aryl methyl sites for hydroxylation is 2. The van der Waals surface area contributed by atoms with Gasteiger partial charge in [0, 0.05) is 37.4 Å². The molecule has 0 aliphatic carbocycles. The Morgan fingerprint density at radius 2 is 1.64 bits per heavy atom. The molecule has 28 heavy (non-hydrogen) atoms. The minimum absolute atomic E-state index is 0.0317. The first kappa shape index (κ1) is 20.3. The van der Waals surface area contributed by atoms with E-state index in [2.05, 4.69) is 22.2 Å². The van der Waals surface area contributed by atoms with E-state index in [1.54, 1.807) is 0 Å². The Bertz CT molecular complexity index is 823. The second-order valence-corrected chi connectivity index (χ2v) is 7.61. The lowest BCUT2D eigenvalue weighted by atomic mass is 10.1. The number of ether oxygens (including phenoxy) is 1. The molecule has 1 aliphatic heterocycles. The van der Waals surface area contributed by atoms with Crippen LogP contribution in [0.4, 0.5) is 5.69 Å². The summed E-state index contributed by atoms with van der Waals surface area (Å²) in [6, 6.07) is 13.6. The van der Waals surface area contributed by atoms with Gasteiger partial charge in [-0.3, -0.25) is 4.79 Å². The average molecular weight is 398 g/mol. The average Bonchev–Trinajstić information content (AvgIpc) is 2.70. The molecule has 1 fully saturated rings. The lowest BCUT2D eigenvalue weighted by Gasteiger charge is -2.34. The second kappa shape index (κ2) is 9.17. The van der Waals surface area contributed by atoms with Crippen LogP contribution in [0.5, 0.6) is 5.75 Å². The fourth-order valence-electron chi connectivity index (χ4n) is 3.22. The molecule has 0 spiro atoms. The number of para-hydroxylation sites is 1. The van der Waals surface area contributed by atoms with Gasteiger partial charge in [-0.05, 0) is 56.3 Å². The van der Waals surface area contributed by atoms with Crippen LogP contribution in [0.1, 0.15) is 16.7 Å². The van der Waals surface area contributed by atoms with Crippen LogP contribution in [-0.4, -0.2) is 60.5 Å². The van der Waals surface area contributed by atoms with Crippen molar-refractivity contribution >= 4 is 28.8 Å². The maximum absolute atomic E-state index is 12.2. The van der Waals surface area contributed by atoms with Crippen LogP contribution in [0.25, 0.3) is 0 Å². The molecule has 1 aliphatic rings. The van der Waals surface area contributed by atoms with Crippen molar-refractivity contribution in [1.29, 1.82) is 0 Å². The van der Waals surface area contributed by atoms with Crippen LogP contribution in [0.2, 0.25) is 0 Å². The molecule has 0 bridgehead atoms. The van der Waals surface area contributed by atoms with Gasteiger partial charge in [0.2, 0.25) is 0 Å². The topological polar surface area (TPSA) is 44.8 Å². The Balaban J connectivity index is 1.53. The number of piperazine rings is 1. The minimum Gasteiger partial charge on any atom is -0.484 e. The van der Waals surface area contributed by atoms with Crippen LogP contribution < -0.4 is 10.1 Å². The van der Waals surface area contributed by atoms with Crippen molar-refractivity contribution in [3.63, 3.8) is 0 Å². The Morgan fingerprint density at radius 3 is 2.25 bits per heavy atom. The Hall–Kier alpha value is -2.44. The molecule has 0 saturated carbocycles. The lowest BCUT2D eigenvalue weighted by Crippen LogP contribution is -2.46. The molecule has 2 aromatic carbocycles. The zero-order valence-corrected chi connectivity index (χ0v) is 17.5. The molecule has 5 nitrogen and oxygen atoms in total. The third kappa shape index (κ3) is 5.09. The number of thiocarbonyl (C=S) groups is 1. The van der Waals surface area contributed by atoms with E-state index in [9.17, 15) is 4.79 Å². The number of benzene rings is 2. The Kier molecular flexibility index (Phi) is 6.65. The van der Waals surface area contributed by atoms with Gasteiger partial charge in [-0.1, -0.05) is 30.4 Å². The summed E-state index contributed by atoms with van der Waals surface area (Å²) >= 11 is 5.63. The Labute approximate surface area is 172 Å². The number of nitrogens with one attached hydrogen (secondary N) is 1. The molecular formula is C22H27N3O2S. The van der Waals surface area contributed by atoms with E-state index in [1.165, 1.54) is 0 Å². The van der Waals surface area contributed by atoms with E-state index >= 15 is 0 Å². The number of amides is 1. The number of likely N-dealkylation sites (N-methyl/N-ethyl adjacent to an activating group) is 1. The first-order valence-corrected chi connectivity index (χ1v) is 9.91. The molecular weight excluding hydrogens is 370 g/mol. The van der Waals surface area contributed by atoms with Crippen LogP contribution in [0.3, 0.4) is 0 Å². The van der Waals surface area contributed by atoms with Crippen LogP contribution in [0.15, 0.2) is 42.5 Å². The number of carbonyl (C=O) groups is 1. The van der Waals surface area contributed by atoms with Gasteiger partial charge >= 0.3 is 0 Å². The third-order valence-electron chi connectivity index (χ3n) is 5.01. The first-order valence-electron chi connectivity index (χ1n) is 9.51. The van der Waals surface area contributed by atoms with E-state index in [0.717, 1.165) is 53.5 Å². The predicted molar refractivity (Wildman–Crippen MR) is 117 cm³/mol. The van der Waals surface area contributed by atoms with Crippen molar-refractivity contribution in [3.8, 4) is 5.75 Å². The molecule has 1 heterocycles. The van der Waals surface area contributed by atoms with E-state index in [1.807, 2.05) is 56.3 Å². The molecule has 3 rings (SSSR count). The van der Waals surface area contributed by atoms with Crippen molar-refractivity contribution in [3.05, 3.63) is 59.2 Å². The van der Waals surface area contributed by atoms with Crippen LogP contribution in [0, 0.1) is 13.8 Å². The summed E-state index contributed by atoms with van der Waals surface area (Å²) in [6.07, 6.45) is 0. The van der Waals surface area contributed by atoms with Gasteiger partial charge in [0.05, 0.1) is 0 Å². The predicted octanol–water partition coefficient (Wildman–Crippen LogP) is 3.24. The third-order valence-corrected chi connectivity index (χ3v) is 5.50. The fraction of sp³-hybridized carbons (Fsp3) is 0.364. The van der Waals surface area contributed by atoms with Gasteiger partial charge in [0.15, 0.2) is 6.61 Å². The molecule has 1 N–H and O–H groups in total. The molecule has 1 amide bonds. The molecule has 0 atom stereocenters. The van der Waals surface area contributed by atoms with E-state index < -0.39 is 0 Å². The number of rotatable bonds is 5. The highest BCUT2D eigenvalue weighted by Gasteiger charge is 2.17. The summed E-state index contributed by atoms with van der Waals surface area (Å²) in [5.74, 6) is 0.482. The number of nitrogens with zero attached hydrogens (tertiary/aromatic N) is 2. The maximum Gasteiger partial charge on any atom is 0.262 e. The quantitative estimate of drug-likeness (QED) is 0.785. The molecule has 2 aromatic rings. The smallest absolute Gasteiger partial charge is 0.262 e. The van der Waals surface area contributed by atoms with Gasteiger partial charge in [-0.25, -0.2) is 0 Å². The molecule has 0 unspecified atom stereocenters. The summed E-state index contributed by atoms with van der Waals surface area (Å²) in [4.78, 5) is 17.6. The van der Waals surface area contributed by atoms with Crippen molar-refractivity contribution < 1.29 is 9.53 Å². The van der Waals surface area contributed by atoms with Gasteiger partial charge in [-0.2, -0.15) is 0 Å². The zero-order chi connectivity index (χ0) is 20.1. The molecule has 6 heteroatoms. The molecule has 0 radical (unpaired) electrons. The minimum atomic E-state index is -0.172. The number of carbonyl (C=O) groups excluding carboxylic acids is 1. The summed E-state index contributed by atoms with van der Waals surface area (Å²) in [5.41, 5.74) is 3.93. The summed E-state index contributed by atoms with van der Waals surface area (Å²) in [7, 11) is 2.13. The highest BCUT2D eigenvalue weighted by atomic mass is 32.1. The Morgan fingerprint density at radius 1 is 1.04 bits per heavy atom. The van der Waals surface area contributed by atoms with Gasteiger partial charge in [0.1, 0.15) is 10.7 Å². The second-order valence-electron chi connectivity index (χ2n) is 7.22.